The second-order valence-electron chi connectivity index (χ2n) is 7.97. The molecule has 3 fully saturated rings. The fourth-order valence-corrected chi connectivity index (χ4v) is 5.15. The SMILES string of the molecule is OC1CCCC(CN(C2CCCCC2)C2CCCCC2)C1. The van der Waals surface area contributed by atoms with E-state index in [-0.39, 0.29) is 6.10 Å². The summed E-state index contributed by atoms with van der Waals surface area (Å²) in [6.07, 6.45) is 19.1. The Morgan fingerprint density at radius 3 is 1.76 bits per heavy atom. The highest BCUT2D eigenvalue weighted by molar-refractivity contribution is 4.86. The summed E-state index contributed by atoms with van der Waals surface area (Å²) in [5, 5.41) is 9.99. The van der Waals surface area contributed by atoms with Crippen LogP contribution in [0.4, 0.5) is 0 Å². The van der Waals surface area contributed by atoms with Crippen LogP contribution in [0.3, 0.4) is 0 Å². The topological polar surface area (TPSA) is 23.5 Å². The van der Waals surface area contributed by atoms with Gasteiger partial charge >= 0.3 is 0 Å². The van der Waals surface area contributed by atoms with Crippen LogP contribution in [0, 0.1) is 5.92 Å². The molecule has 0 aromatic carbocycles. The minimum absolute atomic E-state index is 0.0108. The van der Waals surface area contributed by atoms with Crippen molar-refractivity contribution in [2.24, 2.45) is 5.92 Å². The maximum absolute atomic E-state index is 9.99. The van der Waals surface area contributed by atoms with Gasteiger partial charge < -0.3 is 5.11 Å². The highest BCUT2D eigenvalue weighted by atomic mass is 16.3. The summed E-state index contributed by atoms with van der Waals surface area (Å²) in [6.45, 7) is 1.28. The van der Waals surface area contributed by atoms with Gasteiger partial charge in [0.2, 0.25) is 0 Å². The van der Waals surface area contributed by atoms with Gasteiger partial charge in [-0.2, -0.15) is 0 Å². The molecule has 2 heteroatoms. The van der Waals surface area contributed by atoms with Crippen LogP contribution in [-0.4, -0.2) is 34.7 Å². The maximum atomic E-state index is 9.99. The quantitative estimate of drug-likeness (QED) is 0.824. The third kappa shape index (κ3) is 4.45. The van der Waals surface area contributed by atoms with Crippen LogP contribution in [-0.2, 0) is 0 Å². The molecule has 21 heavy (non-hydrogen) atoms. The average molecular weight is 293 g/mol. The number of aliphatic hydroxyl groups excluding tert-OH is 1. The molecular weight excluding hydrogens is 258 g/mol. The zero-order chi connectivity index (χ0) is 14.5. The lowest BCUT2D eigenvalue weighted by Gasteiger charge is -2.44. The van der Waals surface area contributed by atoms with E-state index in [2.05, 4.69) is 4.90 Å². The van der Waals surface area contributed by atoms with E-state index < -0.39 is 0 Å². The molecule has 0 radical (unpaired) electrons. The van der Waals surface area contributed by atoms with Gasteiger partial charge in [0.15, 0.2) is 0 Å². The van der Waals surface area contributed by atoms with E-state index in [0.717, 1.165) is 30.8 Å². The van der Waals surface area contributed by atoms with Gasteiger partial charge in [-0.3, -0.25) is 4.90 Å². The Balaban J connectivity index is 1.62. The molecule has 3 aliphatic rings. The van der Waals surface area contributed by atoms with Crippen molar-refractivity contribution >= 4 is 0 Å². The Kier molecular flexibility index (Phi) is 5.99. The Bertz CT molecular complexity index is 276. The average Bonchev–Trinajstić information content (AvgIpc) is 2.54. The number of hydrogen-bond donors (Lipinski definition) is 1. The molecule has 0 aromatic rings. The molecule has 0 saturated heterocycles. The van der Waals surface area contributed by atoms with Crippen molar-refractivity contribution in [3.63, 3.8) is 0 Å². The first kappa shape index (κ1) is 15.8. The summed E-state index contributed by atoms with van der Waals surface area (Å²) < 4.78 is 0. The first-order valence-corrected chi connectivity index (χ1v) is 9.77. The molecule has 3 aliphatic carbocycles. The van der Waals surface area contributed by atoms with Gasteiger partial charge in [-0.25, -0.2) is 0 Å². The van der Waals surface area contributed by atoms with E-state index >= 15 is 0 Å². The number of hydrogen-bond acceptors (Lipinski definition) is 2. The fourth-order valence-electron chi connectivity index (χ4n) is 5.15. The van der Waals surface area contributed by atoms with Crippen molar-refractivity contribution in [2.75, 3.05) is 6.54 Å². The van der Waals surface area contributed by atoms with E-state index in [1.807, 2.05) is 0 Å². The second-order valence-corrected chi connectivity index (χ2v) is 7.97. The molecule has 0 aromatic heterocycles. The highest BCUT2D eigenvalue weighted by Crippen LogP contribution is 2.33. The molecule has 2 atom stereocenters. The molecule has 2 nitrogen and oxygen atoms in total. The van der Waals surface area contributed by atoms with Gasteiger partial charge in [-0.15, -0.1) is 0 Å². The Morgan fingerprint density at radius 1 is 0.667 bits per heavy atom. The summed E-state index contributed by atoms with van der Waals surface area (Å²) in [5.41, 5.74) is 0. The zero-order valence-corrected chi connectivity index (χ0v) is 13.8. The van der Waals surface area contributed by atoms with Crippen molar-refractivity contribution in [1.29, 1.82) is 0 Å². The molecule has 1 N–H and O–H groups in total. The van der Waals surface area contributed by atoms with Crippen LogP contribution < -0.4 is 0 Å². The Morgan fingerprint density at radius 2 is 1.24 bits per heavy atom. The minimum Gasteiger partial charge on any atom is -0.393 e. The lowest BCUT2D eigenvalue weighted by molar-refractivity contribution is 0.0338. The van der Waals surface area contributed by atoms with Crippen LogP contribution in [0.1, 0.15) is 89.9 Å². The summed E-state index contributed by atoms with van der Waals surface area (Å²) in [7, 11) is 0. The van der Waals surface area contributed by atoms with Crippen LogP contribution in [0.2, 0.25) is 0 Å². The lowest BCUT2D eigenvalue weighted by atomic mass is 9.83. The molecule has 3 rings (SSSR count). The number of aliphatic hydroxyl groups is 1. The fraction of sp³-hybridized carbons (Fsp3) is 1.00. The van der Waals surface area contributed by atoms with E-state index in [1.54, 1.807) is 0 Å². The van der Waals surface area contributed by atoms with Crippen molar-refractivity contribution in [1.82, 2.24) is 4.90 Å². The van der Waals surface area contributed by atoms with Crippen LogP contribution in [0.15, 0.2) is 0 Å². The third-order valence-corrected chi connectivity index (χ3v) is 6.31. The molecular formula is C19H35NO. The Labute approximate surface area is 131 Å². The Hall–Kier alpha value is -0.0800. The van der Waals surface area contributed by atoms with E-state index in [4.69, 9.17) is 0 Å². The lowest BCUT2D eigenvalue weighted by Crippen LogP contribution is -2.48. The normalized spacial score (nSPS) is 33.4. The van der Waals surface area contributed by atoms with E-state index in [9.17, 15) is 5.11 Å². The maximum Gasteiger partial charge on any atom is 0.0543 e. The van der Waals surface area contributed by atoms with Gasteiger partial charge in [-0.05, 0) is 50.9 Å². The largest absolute Gasteiger partial charge is 0.393 e. The van der Waals surface area contributed by atoms with Gasteiger partial charge in [0.25, 0.3) is 0 Å². The molecule has 0 amide bonds. The van der Waals surface area contributed by atoms with E-state index in [0.29, 0.717) is 0 Å². The van der Waals surface area contributed by atoms with Crippen molar-refractivity contribution in [3.05, 3.63) is 0 Å². The summed E-state index contributed by atoms with van der Waals surface area (Å²) >= 11 is 0. The van der Waals surface area contributed by atoms with Gasteiger partial charge in [-0.1, -0.05) is 44.9 Å². The monoisotopic (exact) mass is 293 g/mol. The van der Waals surface area contributed by atoms with E-state index in [1.165, 1.54) is 83.6 Å². The summed E-state index contributed by atoms with van der Waals surface area (Å²) in [6, 6.07) is 1.72. The van der Waals surface area contributed by atoms with Gasteiger partial charge in [0.05, 0.1) is 6.10 Å². The smallest absolute Gasteiger partial charge is 0.0543 e. The molecule has 0 spiro atoms. The van der Waals surface area contributed by atoms with Gasteiger partial charge in [0, 0.05) is 18.6 Å². The van der Waals surface area contributed by atoms with Crippen molar-refractivity contribution in [3.8, 4) is 0 Å². The summed E-state index contributed by atoms with van der Waals surface area (Å²) in [4.78, 5) is 2.93. The van der Waals surface area contributed by atoms with Gasteiger partial charge in [0.1, 0.15) is 0 Å². The predicted octanol–water partition coefficient (Wildman–Crippen LogP) is 4.50. The summed E-state index contributed by atoms with van der Waals surface area (Å²) in [5.74, 6) is 0.762. The van der Waals surface area contributed by atoms with Crippen molar-refractivity contribution < 1.29 is 5.11 Å². The number of rotatable bonds is 4. The third-order valence-electron chi connectivity index (χ3n) is 6.31. The molecule has 0 aliphatic heterocycles. The number of nitrogens with zero attached hydrogens (tertiary/aromatic N) is 1. The molecule has 2 unspecified atom stereocenters. The van der Waals surface area contributed by atoms with Crippen LogP contribution in [0.25, 0.3) is 0 Å². The highest BCUT2D eigenvalue weighted by Gasteiger charge is 2.31. The molecule has 3 saturated carbocycles. The predicted molar refractivity (Wildman–Crippen MR) is 88.4 cm³/mol. The van der Waals surface area contributed by atoms with Crippen LogP contribution >= 0.6 is 0 Å². The molecule has 122 valence electrons. The van der Waals surface area contributed by atoms with Crippen molar-refractivity contribution in [2.45, 2.75) is 108 Å². The zero-order valence-electron chi connectivity index (χ0n) is 13.8. The van der Waals surface area contributed by atoms with Crippen LogP contribution in [0.5, 0.6) is 0 Å². The first-order valence-electron chi connectivity index (χ1n) is 9.77. The minimum atomic E-state index is -0.0108. The first-order chi connectivity index (χ1) is 10.3. The molecule has 0 bridgehead atoms. The standard InChI is InChI=1S/C19H35NO/c21-19-13-7-8-16(14-19)15-20(17-9-3-1-4-10-17)18-11-5-2-6-12-18/h16-19,21H,1-15H2. The molecule has 0 heterocycles. The second kappa shape index (κ2) is 7.97.